The zero-order chi connectivity index (χ0) is 12.6. The van der Waals surface area contributed by atoms with Gasteiger partial charge in [0.2, 0.25) is 11.8 Å². The topological polar surface area (TPSA) is 75.4 Å². The molecule has 1 aliphatic carbocycles. The van der Waals surface area contributed by atoms with Crippen molar-refractivity contribution in [3.05, 3.63) is 0 Å². The minimum absolute atomic E-state index is 0.0552. The number of hydrogen-bond donors (Lipinski definition) is 2. The summed E-state index contributed by atoms with van der Waals surface area (Å²) < 4.78 is 0. The Labute approximate surface area is 102 Å². The first-order valence-electron chi connectivity index (χ1n) is 6.34. The highest BCUT2D eigenvalue weighted by Gasteiger charge is 2.40. The maximum Gasteiger partial charge on any atom is 0.237 e. The van der Waals surface area contributed by atoms with E-state index in [2.05, 4.69) is 5.32 Å². The molecular formula is C12H21N3O2. The fourth-order valence-corrected chi connectivity index (χ4v) is 2.17. The molecule has 2 fully saturated rings. The van der Waals surface area contributed by atoms with Crippen LogP contribution in [0.4, 0.5) is 0 Å². The molecule has 17 heavy (non-hydrogen) atoms. The molecule has 0 aromatic carbocycles. The zero-order valence-corrected chi connectivity index (χ0v) is 10.5. The van der Waals surface area contributed by atoms with Crippen molar-refractivity contribution in [3.8, 4) is 0 Å². The van der Waals surface area contributed by atoms with Crippen LogP contribution in [0.3, 0.4) is 0 Å². The standard InChI is InChI=1S/C12H21N3O2/c1-7(2)11(13)12(17)14-8-5-10(16)15(6-8)9-3-4-9/h7-9,11H,3-6,13H2,1-2H3,(H,14,17)/t8?,11-/m0/s1. The van der Waals surface area contributed by atoms with Crippen molar-refractivity contribution in [1.29, 1.82) is 0 Å². The summed E-state index contributed by atoms with van der Waals surface area (Å²) in [5.74, 6) is 0.137. The van der Waals surface area contributed by atoms with Crippen molar-refractivity contribution in [2.75, 3.05) is 6.54 Å². The van der Waals surface area contributed by atoms with Crippen LogP contribution >= 0.6 is 0 Å². The van der Waals surface area contributed by atoms with E-state index in [4.69, 9.17) is 5.73 Å². The second kappa shape index (κ2) is 4.64. The van der Waals surface area contributed by atoms with Gasteiger partial charge < -0.3 is 16.0 Å². The van der Waals surface area contributed by atoms with Crippen molar-refractivity contribution in [2.45, 2.75) is 51.2 Å². The molecule has 0 aromatic rings. The van der Waals surface area contributed by atoms with Crippen LogP contribution in [-0.2, 0) is 9.59 Å². The van der Waals surface area contributed by atoms with Crippen molar-refractivity contribution in [2.24, 2.45) is 11.7 Å². The summed E-state index contributed by atoms with van der Waals surface area (Å²) in [5.41, 5.74) is 5.77. The zero-order valence-electron chi connectivity index (χ0n) is 10.5. The number of rotatable bonds is 4. The van der Waals surface area contributed by atoms with E-state index in [1.54, 1.807) is 0 Å². The van der Waals surface area contributed by atoms with E-state index in [9.17, 15) is 9.59 Å². The highest BCUT2D eigenvalue weighted by atomic mass is 16.2. The molecule has 0 spiro atoms. The van der Waals surface area contributed by atoms with E-state index in [0.29, 0.717) is 19.0 Å². The van der Waals surface area contributed by atoms with Gasteiger partial charge in [0.05, 0.1) is 12.1 Å². The number of hydrogen-bond acceptors (Lipinski definition) is 3. The molecule has 0 radical (unpaired) electrons. The van der Waals surface area contributed by atoms with Gasteiger partial charge in [-0.25, -0.2) is 0 Å². The van der Waals surface area contributed by atoms with Gasteiger partial charge in [-0.1, -0.05) is 13.8 Å². The van der Waals surface area contributed by atoms with Crippen molar-refractivity contribution < 1.29 is 9.59 Å². The monoisotopic (exact) mass is 239 g/mol. The fraction of sp³-hybridized carbons (Fsp3) is 0.833. The Morgan fingerprint density at radius 2 is 2.12 bits per heavy atom. The lowest BCUT2D eigenvalue weighted by atomic mass is 10.0. The number of carbonyl (C=O) groups is 2. The predicted molar refractivity (Wildman–Crippen MR) is 64.1 cm³/mol. The molecule has 1 saturated heterocycles. The summed E-state index contributed by atoms with van der Waals surface area (Å²) >= 11 is 0. The van der Waals surface area contributed by atoms with E-state index in [-0.39, 0.29) is 23.8 Å². The molecule has 96 valence electrons. The maximum absolute atomic E-state index is 11.8. The lowest BCUT2D eigenvalue weighted by Crippen LogP contribution is -2.48. The molecule has 1 saturated carbocycles. The minimum atomic E-state index is -0.486. The normalized spacial score (nSPS) is 26.5. The van der Waals surface area contributed by atoms with E-state index < -0.39 is 6.04 Å². The molecule has 2 atom stereocenters. The number of amides is 2. The second-order valence-corrected chi connectivity index (χ2v) is 5.46. The molecule has 3 N–H and O–H groups in total. The highest BCUT2D eigenvalue weighted by molar-refractivity contribution is 5.85. The molecule has 1 heterocycles. The third-order valence-corrected chi connectivity index (χ3v) is 3.51. The van der Waals surface area contributed by atoms with Gasteiger partial charge in [0.1, 0.15) is 0 Å². The average Bonchev–Trinajstić information content (AvgIpc) is 3.03. The quantitative estimate of drug-likeness (QED) is 0.716. The molecule has 2 aliphatic rings. The molecule has 1 unspecified atom stereocenters. The summed E-state index contributed by atoms with van der Waals surface area (Å²) in [6, 6.07) is -0.108. The van der Waals surface area contributed by atoms with Gasteiger partial charge in [0.15, 0.2) is 0 Å². The Morgan fingerprint density at radius 1 is 1.47 bits per heavy atom. The van der Waals surface area contributed by atoms with Crippen LogP contribution in [-0.4, -0.2) is 41.4 Å². The van der Waals surface area contributed by atoms with Crippen LogP contribution in [0.5, 0.6) is 0 Å². The molecule has 2 rings (SSSR count). The third-order valence-electron chi connectivity index (χ3n) is 3.51. The van der Waals surface area contributed by atoms with Crippen LogP contribution in [0.1, 0.15) is 33.1 Å². The van der Waals surface area contributed by atoms with Crippen LogP contribution < -0.4 is 11.1 Å². The van der Waals surface area contributed by atoms with Gasteiger partial charge in [0, 0.05) is 19.0 Å². The summed E-state index contributed by atoms with van der Waals surface area (Å²) in [6.45, 7) is 4.49. The SMILES string of the molecule is CC(C)[C@H](N)C(=O)NC1CC(=O)N(C2CC2)C1. The van der Waals surface area contributed by atoms with E-state index in [1.165, 1.54) is 0 Å². The largest absolute Gasteiger partial charge is 0.350 e. The summed E-state index contributed by atoms with van der Waals surface area (Å²) in [5, 5.41) is 2.88. The lowest BCUT2D eigenvalue weighted by Gasteiger charge is -2.19. The Kier molecular flexibility index (Phi) is 3.38. The van der Waals surface area contributed by atoms with E-state index in [1.807, 2.05) is 18.7 Å². The van der Waals surface area contributed by atoms with Gasteiger partial charge in [-0.05, 0) is 18.8 Å². The van der Waals surface area contributed by atoms with Crippen molar-refractivity contribution in [3.63, 3.8) is 0 Å². The van der Waals surface area contributed by atoms with Crippen molar-refractivity contribution in [1.82, 2.24) is 10.2 Å². The Hall–Kier alpha value is -1.10. The lowest BCUT2D eigenvalue weighted by molar-refractivity contribution is -0.128. The molecule has 5 nitrogen and oxygen atoms in total. The molecule has 2 amide bonds. The summed E-state index contributed by atoms with van der Waals surface area (Å²) in [6.07, 6.45) is 2.64. The van der Waals surface area contributed by atoms with Gasteiger partial charge in [0.25, 0.3) is 0 Å². The highest BCUT2D eigenvalue weighted by Crippen LogP contribution is 2.30. The summed E-state index contributed by atoms with van der Waals surface area (Å²) in [7, 11) is 0. The third kappa shape index (κ3) is 2.77. The van der Waals surface area contributed by atoms with Gasteiger partial charge in [-0.3, -0.25) is 9.59 Å². The maximum atomic E-state index is 11.8. The molecule has 0 aromatic heterocycles. The first kappa shape index (κ1) is 12.4. The first-order chi connectivity index (χ1) is 7.99. The van der Waals surface area contributed by atoms with Crippen LogP contribution in [0, 0.1) is 5.92 Å². The Morgan fingerprint density at radius 3 is 2.65 bits per heavy atom. The molecule has 0 bridgehead atoms. The molecule has 5 heteroatoms. The Bertz CT molecular complexity index is 326. The van der Waals surface area contributed by atoms with Gasteiger partial charge in [-0.15, -0.1) is 0 Å². The van der Waals surface area contributed by atoms with Crippen LogP contribution in [0.15, 0.2) is 0 Å². The predicted octanol–water partition coefficient (Wildman–Crippen LogP) is -0.151. The number of nitrogens with zero attached hydrogens (tertiary/aromatic N) is 1. The van der Waals surface area contributed by atoms with Crippen molar-refractivity contribution >= 4 is 11.8 Å². The first-order valence-corrected chi connectivity index (χ1v) is 6.34. The van der Waals surface area contributed by atoms with Crippen LogP contribution in [0.25, 0.3) is 0 Å². The number of nitrogens with one attached hydrogen (secondary N) is 1. The van der Waals surface area contributed by atoms with Gasteiger partial charge in [-0.2, -0.15) is 0 Å². The number of likely N-dealkylation sites (tertiary alicyclic amines) is 1. The number of nitrogens with two attached hydrogens (primary N) is 1. The van der Waals surface area contributed by atoms with Crippen LogP contribution in [0.2, 0.25) is 0 Å². The molecule has 1 aliphatic heterocycles. The molecular weight excluding hydrogens is 218 g/mol. The Balaban J connectivity index is 1.84. The second-order valence-electron chi connectivity index (χ2n) is 5.46. The van der Waals surface area contributed by atoms with E-state index >= 15 is 0 Å². The smallest absolute Gasteiger partial charge is 0.237 e. The average molecular weight is 239 g/mol. The minimum Gasteiger partial charge on any atom is -0.350 e. The fourth-order valence-electron chi connectivity index (χ4n) is 2.17. The van der Waals surface area contributed by atoms with Gasteiger partial charge >= 0.3 is 0 Å². The number of carbonyl (C=O) groups excluding carboxylic acids is 2. The van der Waals surface area contributed by atoms with E-state index in [0.717, 1.165) is 12.8 Å². The summed E-state index contributed by atoms with van der Waals surface area (Å²) in [4.78, 5) is 25.4.